The molecule has 0 aliphatic heterocycles. The van der Waals surface area contributed by atoms with Gasteiger partial charge in [0.15, 0.2) is 0 Å². The van der Waals surface area contributed by atoms with Gasteiger partial charge in [0.2, 0.25) is 0 Å². The molecule has 0 spiro atoms. The highest BCUT2D eigenvalue weighted by Gasteiger charge is 2.62. The average Bonchev–Trinajstić information content (AvgIpc) is 3.11. The van der Waals surface area contributed by atoms with Gasteiger partial charge in [-0.1, -0.05) is 43.6 Å². The van der Waals surface area contributed by atoms with Crippen LogP contribution in [0.25, 0.3) is 0 Å². The second kappa shape index (κ2) is 3.99. The van der Waals surface area contributed by atoms with Crippen molar-refractivity contribution >= 4 is 0 Å². The zero-order valence-electron chi connectivity index (χ0n) is 11.8. The first-order chi connectivity index (χ1) is 8.85. The summed E-state index contributed by atoms with van der Waals surface area (Å²) >= 11 is 0. The fraction of sp³-hybridized carbons (Fsp3) is 0.778. The Balaban J connectivity index is 1.64. The molecular formula is C18H26. The second-order valence-corrected chi connectivity index (χ2v) is 7.15. The van der Waals surface area contributed by atoms with E-state index >= 15 is 0 Å². The highest BCUT2D eigenvalue weighted by molar-refractivity contribution is 5.31. The van der Waals surface area contributed by atoms with E-state index in [4.69, 9.17) is 0 Å². The minimum Gasteiger partial charge on any atom is -0.0879 e. The van der Waals surface area contributed by atoms with E-state index in [0.29, 0.717) is 0 Å². The van der Waals surface area contributed by atoms with Crippen LogP contribution in [0.1, 0.15) is 46.0 Å². The Morgan fingerprint density at radius 2 is 1.94 bits per heavy atom. The van der Waals surface area contributed by atoms with Gasteiger partial charge in [0.25, 0.3) is 0 Å². The molecule has 0 aromatic rings. The van der Waals surface area contributed by atoms with E-state index in [1.165, 1.54) is 32.1 Å². The van der Waals surface area contributed by atoms with Gasteiger partial charge in [0.05, 0.1) is 0 Å². The molecule has 0 amide bonds. The lowest BCUT2D eigenvalue weighted by molar-refractivity contribution is 0.187. The standard InChI is InChI=1S/C18H26/c1-3-5-6-14-13(4-2)15-10-16(14)18-12-8-7-11(9-12)17(15)18/h4,7-8,11-12,14-18H,3,5-6,9-10H2,1-2H3/t11?,12?,14?,15?,16?,17?,18-/m1/s1. The van der Waals surface area contributed by atoms with Crippen LogP contribution in [0, 0.1) is 41.4 Å². The van der Waals surface area contributed by atoms with E-state index in [0.717, 1.165) is 41.4 Å². The van der Waals surface area contributed by atoms with Crippen molar-refractivity contribution in [2.75, 3.05) is 0 Å². The molecule has 0 aromatic carbocycles. The lowest BCUT2D eigenvalue weighted by Gasteiger charge is -2.38. The highest BCUT2D eigenvalue weighted by Crippen LogP contribution is 2.69. The molecule has 0 nitrogen and oxygen atoms in total. The average molecular weight is 242 g/mol. The van der Waals surface area contributed by atoms with Crippen molar-refractivity contribution in [2.24, 2.45) is 41.4 Å². The first-order valence-electron chi connectivity index (χ1n) is 8.19. The fourth-order valence-electron chi connectivity index (χ4n) is 6.22. The van der Waals surface area contributed by atoms with Crippen molar-refractivity contribution in [2.45, 2.75) is 46.0 Å². The molecule has 7 atom stereocenters. The Labute approximate surface area is 112 Å². The summed E-state index contributed by atoms with van der Waals surface area (Å²) in [6.07, 6.45) is 14.9. The molecule has 98 valence electrons. The largest absolute Gasteiger partial charge is 0.0879 e. The van der Waals surface area contributed by atoms with Gasteiger partial charge < -0.3 is 0 Å². The van der Waals surface area contributed by atoms with Gasteiger partial charge >= 0.3 is 0 Å². The topological polar surface area (TPSA) is 0 Å². The molecule has 4 rings (SSSR count). The number of unbranched alkanes of at least 4 members (excludes halogenated alkanes) is 1. The predicted molar refractivity (Wildman–Crippen MR) is 76.1 cm³/mol. The lowest BCUT2D eigenvalue weighted by atomic mass is 9.66. The van der Waals surface area contributed by atoms with Gasteiger partial charge in [-0.05, 0) is 67.6 Å². The SMILES string of the molecule is CC=C1C(CCCC)C2CC1C1C3C=CC(C3)[C@H]21. The monoisotopic (exact) mass is 242 g/mol. The van der Waals surface area contributed by atoms with Crippen molar-refractivity contribution in [3.05, 3.63) is 23.8 Å². The van der Waals surface area contributed by atoms with Crippen LogP contribution in [-0.4, -0.2) is 0 Å². The van der Waals surface area contributed by atoms with Crippen LogP contribution in [0.15, 0.2) is 23.8 Å². The molecule has 4 aliphatic rings. The summed E-state index contributed by atoms with van der Waals surface area (Å²) in [7, 11) is 0. The summed E-state index contributed by atoms with van der Waals surface area (Å²) in [6, 6.07) is 0. The van der Waals surface area contributed by atoms with Crippen LogP contribution in [0.5, 0.6) is 0 Å². The molecule has 3 saturated carbocycles. The minimum absolute atomic E-state index is 0.956. The third kappa shape index (κ3) is 1.27. The van der Waals surface area contributed by atoms with Crippen molar-refractivity contribution in [1.82, 2.24) is 0 Å². The van der Waals surface area contributed by atoms with E-state index < -0.39 is 0 Å². The summed E-state index contributed by atoms with van der Waals surface area (Å²) in [6.45, 7) is 4.64. The van der Waals surface area contributed by atoms with Gasteiger partial charge in [0.1, 0.15) is 0 Å². The smallest absolute Gasteiger partial charge is 0.0161 e. The zero-order valence-corrected chi connectivity index (χ0v) is 11.8. The molecule has 0 aromatic heterocycles. The highest BCUT2D eigenvalue weighted by atomic mass is 14.7. The molecule has 0 N–H and O–H groups in total. The maximum absolute atomic E-state index is 2.57. The van der Waals surface area contributed by atoms with Crippen molar-refractivity contribution < 1.29 is 0 Å². The van der Waals surface area contributed by atoms with Crippen molar-refractivity contribution in [3.8, 4) is 0 Å². The first kappa shape index (κ1) is 11.3. The number of hydrogen-bond acceptors (Lipinski definition) is 0. The van der Waals surface area contributed by atoms with Crippen LogP contribution >= 0.6 is 0 Å². The maximum atomic E-state index is 2.57. The molecule has 6 unspecified atom stereocenters. The van der Waals surface area contributed by atoms with E-state index in [1.54, 1.807) is 0 Å². The Bertz CT molecular complexity index is 402. The first-order valence-corrected chi connectivity index (χ1v) is 8.19. The van der Waals surface area contributed by atoms with Crippen LogP contribution in [0.4, 0.5) is 0 Å². The maximum Gasteiger partial charge on any atom is -0.0161 e. The van der Waals surface area contributed by atoms with Crippen LogP contribution < -0.4 is 0 Å². The van der Waals surface area contributed by atoms with Crippen LogP contribution in [-0.2, 0) is 0 Å². The second-order valence-electron chi connectivity index (χ2n) is 7.15. The molecule has 0 radical (unpaired) electrons. The molecule has 18 heavy (non-hydrogen) atoms. The van der Waals surface area contributed by atoms with Gasteiger partial charge in [0, 0.05) is 0 Å². The van der Waals surface area contributed by atoms with Gasteiger partial charge in [-0.3, -0.25) is 0 Å². The summed E-state index contributed by atoms with van der Waals surface area (Å²) in [5.74, 6) is 7.05. The van der Waals surface area contributed by atoms with Crippen LogP contribution in [0.2, 0.25) is 0 Å². The number of allylic oxidation sites excluding steroid dienone is 4. The molecular weight excluding hydrogens is 216 g/mol. The fourth-order valence-corrected chi connectivity index (χ4v) is 6.22. The molecule has 0 heterocycles. The molecule has 0 heteroatoms. The van der Waals surface area contributed by atoms with Gasteiger partial charge in [-0.15, -0.1) is 0 Å². The Hall–Kier alpha value is -0.520. The van der Waals surface area contributed by atoms with Crippen LogP contribution in [0.3, 0.4) is 0 Å². The predicted octanol–water partition coefficient (Wildman–Crippen LogP) is 4.83. The molecule has 3 fully saturated rings. The Morgan fingerprint density at radius 3 is 2.67 bits per heavy atom. The third-order valence-corrected chi connectivity index (χ3v) is 6.64. The minimum atomic E-state index is 0.956. The van der Waals surface area contributed by atoms with Gasteiger partial charge in [-0.25, -0.2) is 0 Å². The number of hydrogen-bond donors (Lipinski definition) is 0. The van der Waals surface area contributed by atoms with E-state index in [9.17, 15) is 0 Å². The molecule has 0 saturated heterocycles. The molecule has 4 bridgehead atoms. The number of rotatable bonds is 3. The Morgan fingerprint density at radius 1 is 1.17 bits per heavy atom. The third-order valence-electron chi connectivity index (χ3n) is 6.64. The van der Waals surface area contributed by atoms with E-state index in [2.05, 4.69) is 32.1 Å². The normalized spacial score (nSPS) is 53.7. The summed E-state index contributed by atoms with van der Waals surface area (Å²) < 4.78 is 0. The zero-order chi connectivity index (χ0) is 12.3. The van der Waals surface area contributed by atoms with Crippen molar-refractivity contribution in [3.63, 3.8) is 0 Å². The molecule has 4 aliphatic carbocycles. The van der Waals surface area contributed by atoms with E-state index in [1.807, 2.05) is 5.57 Å². The Kier molecular flexibility index (Phi) is 2.51. The van der Waals surface area contributed by atoms with Crippen molar-refractivity contribution in [1.29, 1.82) is 0 Å². The quantitative estimate of drug-likeness (QED) is 0.491. The summed E-state index contributed by atoms with van der Waals surface area (Å²) in [4.78, 5) is 0. The lowest BCUT2D eigenvalue weighted by Crippen LogP contribution is -2.32. The number of fused-ring (bicyclic) bond motifs is 9. The summed E-state index contributed by atoms with van der Waals surface area (Å²) in [5.41, 5.74) is 1.87. The van der Waals surface area contributed by atoms with E-state index in [-0.39, 0.29) is 0 Å². The van der Waals surface area contributed by atoms with Gasteiger partial charge in [-0.2, -0.15) is 0 Å². The summed E-state index contributed by atoms with van der Waals surface area (Å²) in [5, 5.41) is 0.